The van der Waals surface area contributed by atoms with Crippen molar-refractivity contribution in [1.82, 2.24) is 0 Å². The van der Waals surface area contributed by atoms with Crippen LogP contribution in [0.15, 0.2) is 47.7 Å². The molecule has 0 amide bonds. The Balaban J connectivity index is 0.00000254. The van der Waals surface area contributed by atoms with Crippen molar-refractivity contribution in [2.24, 2.45) is 0 Å². The Morgan fingerprint density at radius 1 is 1.42 bits per heavy atom. The summed E-state index contributed by atoms with van der Waals surface area (Å²) < 4.78 is 38.4. The molecule has 2 N–H and O–H groups in total. The van der Waals surface area contributed by atoms with Gasteiger partial charge in [-0.1, -0.05) is 19.1 Å². The lowest BCUT2D eigenvalue weighted by molar-refractivity contribution is -0.132. The van der Waals surface area contributed by atoms with Crippen molar-refractivity contribution in [3.8, 4) is 6.07 Å². The van der Waals surface area contributed by atoms with Crippen molar-refractivity contribution in [2.75, 3.05) is 11.6 Å². The number of alkyl halides is 3. The van der Waals surface area contributed by atoms with Gasteiger partial charge in [-0.05, 0) is 37.0 Å². The minimum absolute atomic E-state index is 0.113. The van der Waals surface area contributed by atoms with Crippen molar-refractivity contribution in [2.45, 2.75) is 19.5 Å². The molecule has 0 aromatic heterocycles. The number of anilines is 1. The Kier molecular flexibility index (Phi) is 9.35. The summed E-state index contributed by atoms with van der Waals surface area (Å²) in [6.45, 7) is 1.52. The Labute approximate surface area is 143 Å². The molecule has 0 unspecified atom stereocenters. The van der Waals surface area contributed by atoms with E-state index in [2.05, 4.69) is 17.9 Å². The van der Waals surface area contributed by atoms with Crippen LogP contribution in [-0.4, -0.2) is 23.5 Å². The van der Waals surface area contributed by atoms with Gasteiger partial charge in [-0.25, -0.2) is 4.79 Å². The van der Waals surface area contributed by atoms with Crippen LogP contribution in [0.25, 0.3) is 0 Å². The number of carboxylic acids is 1. The van der Waals surface area contributed by atoms with E-state index >= 15 is 0 Å². The zero-order chi connectivity index (χ0) is 18.8. The minimum Gasteiger partial charge on any atom is -0.477 e. The Bertz CT molecular complexity index is 662. The number of nitriles is 1. The Morgan fingerprint density at radius 3 is 2.50 bits per heavy atom. The van der Waals surface area contributed by atoms with Gasteiger partial charge in [-0.2, -0.15) is 31.1 Å². The first-order valence-corrected chi connectivity index (χ1v) is 7.61. The van der Waals surface area contributed by atoms with Crippen LogP contribution in [-0.2, 0) is 4.79 Å². The van der Waals surface area contributed by atoms with Crippen LogP contribution in [0, 0.1) is 11.3 Å². The summed E-state index contributed by atoms with van der Waals surface area (Å²) in [6, 6.07) is 7.64. The third-order valence-electron chi connectivity index (χ3n) is 2.55. The number of allylic oxidation sites excluding steroid dienone is 3. The van der Waals surface area contributed by atoms with E-state index in [9.17, 15) is 18.0 Å². The summed E-state index contributed by atoms with van der Waals surface area (Å²) in [4.78, 5) is 11.1. The van der Waals surface area contributed by atoms with Crippen LogP contribution >= 0.6 is 12.6 Å². The molecule has 4 nitrogen and oxygen atoms in total. The molecule has 0 fully saturated rings. The monoisotopic (exact) mass is 358 g/mol. The summed E-state index contributed by atoms with van der Waals surface area (Å²) in [6.07, 6.45) is -1.41. The summed E-state index contributed by atoms with van der Waals surface area (Å²) in [5.41, 5.74) is -1.20. The molecule has 0 bridgehead atoms. The second-order valence-electron chi connectivity index (χ2n) is 4.25. The summed E-state index contributed by atoms with van der Waals surface area (Å²) >= 11 is 3.53. The first kappa shape index (κ1) is 21.6. The van der Waals surface area contributed by atoms with Crippen LogP contribution in [0.5, 0.6) is 0 Å². The van der Waals surface area contributed by atoms with Gasteiger partial charge in [-0.3, -0.25) is 0 Å². The molecule has 1 aromatic rings. The van der Waals surface area contributed by atoms with Gasteiger partial charge in [-0.15, -0.1) is 0 Å². The third kappa shape index (κ3) is 7.24. The van der Waals surface area contributed by atoms with Gasteiger partial charge in [0.15, 0.2) is 0 Å². The van der Waals surface area contributed by atoms with Gasteiger partial charge in [0.25, 0.3) is 0 Å². The second kappa shape index (κ2) is 10.4. The molecule has 0 aliphatic carbocycles. The van der Waals surface area contributed by atoms with Crippen LogP contribution in [0.4, 0.5) is 18.9 Å². The third-order valence-corrected chi connectivity index (χ3v) is 2.55. The number of thiol groups is 1. The number of nitrogens with zero attached hydrogens (tertiary/aromatic N) is 1. The van der Waals surface area contributed by atoms with Crippen molar-refractivity contribution in [3.63, 3.8) is 0 Å². The zero-order valence-corrected chi connectivity index (χ0v) is 13.9. The standard InChI is InChI=1S/C15H13F3N2O2.CH4S/c1-2-4-11(15(16,17)18)8-13(14(21)22)20-12-6-3-5-10(7-12)9-19;1-2/h3-8,20H,2H2,1H3,(H,21,22);2H,1H3/b11-4-,13-8-;. The van der Waals surface area contributed by atoms with Gasteiger partial charge in [0, 0.05) is 5.69 Å². The molecule has 0 spiro atoms. The van der Waals surface area contributed by atoms with Gasteiger partial charge in [0.1, 0.15) is 5.70 Å². The number of carboxylic acid groups (broad SMARTS) is 1. The van der Waals surface area contributed by atoms with Crippen molar-refractivity contribution >= 4 is 24.3 Å². The number of hydrogen-bond donors (Lipinski definition) is 3. The molecule has 0 saturated carbocycles. The summed E-state index contributed by atoms with van der Waals surface area (Å²) in [5.74, 6) is -1.53. The maximum atomic E-state index is 12.8. The highest BCUT2D eigenvalue weighted by atomic mass is 32.1. The number of aliphatic carboxylic acids is 1. The molecular weight excluding hydrogens is 341 g/mol. The number of benzene rings is 1. The van der Waals surface area contributed by atoms with Gasteiger partial charge in [0.05, 0.1) is 17.2 Å². The molecule has 8 heteroatoms. The van der Waals surface area contributed by atoms with E-state index in [1.54, 1.807) is 6.26 Å². The van der Waals surface area contributed by atoms with Crippen molar-refractivity contribution in [1.29, 1.82) is 5.26 Å². The van der Waals surface area contributed by atoms with E-state index in [1.807, 2.05) is 6.07 Å². The fraction of sp³-hybridized carbons (Fsp3) is 0.250. The molecule has 0 aliphatic heterocycles. The highest BCUT2D eigenvalue weighted by molar-refractivity contribution is 7.79. The molecule has 130 valence electrons. The molecule has 0 saturated heterocycles. The van der Waals surface area contributed by atoms with Gasteiger partial charge in [0.2, 0.25) is 0 Å². The molecule has 24 heavy (non-hydrogen) atoms. The van der Waals surface area contributed by atoms with Crippen LogP contribution < -0.4 is 5.32 Å². The molecule has 1 rings (SSSR count). The van der Waals surface area contributed by atoms with Gasteiger partial charge >= 0.3 is 12.1 Å². The van der Waals surface area contributed by atoms with E-state index < -0.39 is 23.4 Å². The largest absolute Gasteiger partial charge is 0.477 e. The smallest absolute Gasteiger partial charge is 0.416 e. The average Bonchev–Trinajstić information content (AvgIpc) is 2.54. The molecule has 0 radical (unpaired) electrons. The SMILES string of the molecule is CC/C=C(/C=C(\Nc1cccc(C#N)c1)C(=O)O)C(F)(F)F.CS. The van der Waals surface area contributed by atoms with E-state index in [4.69, 9.17) is 10.4 Å². The van der Waals surface area contributed by atoms with Crippen LogP contribution in [0.2, 0.25) is 0 Å². The number of hydrogen-bond acceptors (Lipinski definition) is 4. The predicted octanol–water partition coefficient (Wildman–Crippen LogP) is 4.38. The molecule has 0 aliphatic rings. The lowest BCUT2D eigenvalue weighted by atomic mass is 10.1. The topological polar surface area (TPSA) is 73.1 Å². The van der Waals surface area contributed by atoms with E-state index in [0.717, 1.165) is 6.08 Å². The molecule has 0 heterocycles. The number of rotatable bonds is 5. The molecular formula is C16H17F3N2O2S. The Hall–Kier alpha value is -2.40. The normalized spacial score (nSPS) is 11.9. The fourth-order valence-electron chi connectivity index (χ4n) is 1.61. The van der Waals surface area contributed by atoms with Crippen molar-refractivity contribution in [3.05, 3.63) is 53.3 Å². The second-order valence-corrected chi connectivity index (χ2v) is 4.25. The number of carbonyl (C=O) groups is 1. The molecule has 0 atom stereocenters. The van der Waals surface area contributed by atoms with E-state index in [0.29, 0.717) is 6.08 Å². The zero-order valence-electron chi connectivity index (χ0n) is 13.1. The highest BCUT2D eigenvalue weighted by Gasteiger charge is 2.32. The first-order valence-electron chi connectivity index (χ1n) is 6.72. The van der Waals surface area contributed by atoms with E-state index in [-0.39, 0.29) is 17.7 Å². The maximum absolute atomic E-state index is 12.8. The lowest BCUT2D eigenvalue weighted by Crippen LogP contribution is -2.16. The van der Waals surface area contributed by atoms with E-state index in [1.165, 1.54) is 31.2 Å². The number of halogens is 3. The maximum Gasteiger partial charge on any atom is 0.416 e. The quantitative estimate of drug-likeness (QED) is 0.415. The van der Waals surface area contributed by atoms with Gasteiger partial charge < -0.3 is 10.4 Å². The Morgan fingerprint density at radius 2 is 2.04 bits per heavy atom. The highest BCUT2D eigenvalue weighted by Crippen LogP contribution is 2.28. The average molecular weight is 358 g/mol. The fourth-order valence-corrected chi connectivity index (χ4v) is 1.61. The number of nitrogens with one attached hydrogen (secondary N) is 1. The summed E-state index contributed by atoms with van der Waals surface area (Å²) in [5, 5.41) is 20.2. The van der Waals surface area contributed by atoms with Crippen LogP contribution in [0.1, 0.15) is 18.9 Å². The predicted molar refractivity (Wildman–Crippen MR) is 89.8 cm³/mol. The molecule has 1 aromatic carbocycles. The first-order chi connectivity index (χ1) is 11.3. The minimum atomic E-state index is -4.65. The summed E-state index contributed by atoms with van der Waals surface area (Å²) in [7, 11) is 0. The lowest BCUT2D eigenvalue weighted by Gasteiger charge is -2.11. The van der Waals surface area contributed by atoms with Crippen LogP contribution in [0.3, 0.4) is 0 Å². The van der Waals surface area contributed by atoms with Crippen molar-refractivity contribution < 1.29 is 23.1 Å².